The lowest BCUT2D eigenvalue weighted by atomic mass is 9.80. The van der Waals surface area contributed by atoms with Gasteiger partial charge in [0.15, 0.2) is 0 Å². The molecular weight excluding hydrogens is 426 g/mol. The van der Waals surface area contributed by atoms with E-state index in [1.54, 1.807) is 41.5 Å². The van der Waals surface area contributed by atoms with Crippen LogP contribution in [0.3, 0.4) is 0 Å². The molecule has 9 heteroatoms. The van der Waals surface area contributed by atoms with Gasteiger partial charge in [-0.3, -0.25) is 14.3 Å². The first-order valence-corrected chi connectivity index (χ1v) is 11.7. The zero-order valence-electron chi connectivity index (χ0n) is 18.0. The van der Waals surface area contributed by atoms with Gasteiger partial charge in [0.25, 0.3) is 5.91 Å². The Morgan fingerprint density at radius 1 is 1.19 bits per heavy atom. The molecule has 0 aromatic carbocycles. The van der Waals surface area contributed by atoms with Crippen LogP contribution in [0.25, 0.3) is 17.0 Å². The lowest BCUT2D eigenvalue weighted by molar-refractivity contribution is 0.0645. The van der Waals surface area contributed by atoms with Crippen molar-refractivity contribution in [2.24, 2.45) is 5.73 Å². The molecule has 1 aliphatic heterocycles. The van der Waals surface area contributed by atoms with Crippen LogP contribution in [-0.2, 0) is 0 Å². The van der Waals surface area contributed by atoms with Crippen LogP contribution in [0, 0.1) is 0 Å². The first-order chi connectivity index (χ1) is 15.6. The van der Waals surface area contributed by atoms with E-state index >= 15 is 0 Å². The van der Waals surface area contributed by atoms with Gasteiger partial charge >= 0.3 is 0 Å². The number of rotatable bonds is 5. The molecule has 1 aliphatic carbocycles. The lowest BCUT2D eigenvalue weighted by Crippen LogP contribution is -2.56. The van der Waals surface area contributed by atoms with Crippen molar-refractivity contribution < 1.29 is 4.79 Å². The second-order valence-electron chi connectivity index (χ2n) is 8.92. The molecule has 8 nitrogen and oxygen atoms in total. The molecule has 1 amide bonds. The van der Waals surface area contributed by atoms with Gasteiger partial charge in [-0.25, -0.2) is 15.0 Å². The lowest BCUT2D eigenvalue weighted by Gasteiger charge is -2.45. The quantitative estimate of drug-likeness (QED) is 0.615. The summed E-state index contributed by atoms with van der Waals surface area (Å²) in [6, 6.07) is 3.67. The molecule has 1 saturated heterocycles. The highest BCUT2D eigenvalue weighted by Crippen LogP contribution is 2.36. The predicted octanol–water partition coefficient (Wildman–Crippen LogP) is 2.93. The van der Waals surface area contributed by atoms with Gasteiger partial charge in [0.05, 0.1) is 16.0 Å². The average molecular weight is 454 g/mol. The average Bonchev–Trinajstić information content (AvgIpc) is 3.44. The van der Waals surface area contributed by atoms with Crippen molar-refractivity contribution in [3.63, 3.8) is 0 Å². The second kappa shape index (κ2) is 8.77. The van der Waals surface area contributed by atoms with Crippen LogP contribution in [0.2, 0.25) is 5.02 Å². The number of halogens is 1. The van der Waals surface area contributed by atoms with Gasteiger partial charge in [-0.05, 0) is 31.4 Å². The van der Waals surface area contributed by atoms with E-state index in [0.717, 1.165) is 32.4 Å². The minimum atomic E-state index is -0.159. The van der Waals surface area contributed by atoms with E-state index in [1.807, 2.05) is 0 Å². The Morgan fingerprint density at radius 3 is 2.69 bits per heavy atom. The van der Waals surface area contributed by atoms with Crippen LogP contribution in [0.5, 0.6) is 0 Å². The molecule has 168 valence electrons. The summed E-state index contributed by atoms with van der Waals surface area (Å²) in [7, 11) is 0. The number of fused-ring (bicyclic) bond motifs is 1. The van der Waals surface area contributed by atoms with Gasteiger partial charge in [0.1, 0.15) is 5.65 Å². The Bertz CT molecular complexity index is 1110. The minimum absolute atomic E-state index is 0.0228. The summed E-state index contributed by atoms with van der Waals surface area (Å²) in [6.07, 6.45) is 13.5. The molecule has 1 atom stereocenters. The van der Waals surface area contributed by atoms with E-state index in [0.29, 0.717) is 34.1 Å². The molecule has 0 radical (unpaired) electrons. The summed E-state index contributed by atoms with van der Waals surface area (Å²) >= 11 is 6.51. The highest BCUT2D eigenvalue weighted by atomic mass is 35.5. The molecule has 1 saturated carbocycles. The number of amides is 1. The molecule has 0 bridgehead atoms. The standard InChI is InChI=1S/C23H28ClN7O/c24-18-5-11-26-20-19(18)17(14-31(20)22-27-9-4-10-28-22)21(32)29-15-23(7-2-1-3-8-23)30-12-6-16(25)13-30/h4-5,9-11,14,16H,1-3,6-8,12-13,15,25H2,(H,29,32)/t16-/m1/s1. The fourth-order valence-electron chi connectivity index (χ4n) is 5.23. The molecule has 3 aromatic heterocycles. The van der Waals surface area contributed by atoms with Gasteiger partial charge < -0.3 is 11.1 Å². The molecule has 3 N–H and O–H groups in total. The topological polar surface area (TPSA) is 102 Å². The Hall–Kier alpha value is -2.55. The van der Waals surface area contributed by atoms with Crippen molar-refractivity contribution in [3.8, 4) is 5.95 Å². The Balaban J connectivity index is 1.45. The van der Waals surface area contributed by atoms with Crippen LogP contribution < -0.4 is 11.1 Å². The van der Waals surface area contributed by atoms with Crippen molar-refractivity contribution in [1.82, 2.24) is 29.7 Å². The maximum atomic E-state index is 13.4. The molecule has 32 heavy (non-hydrogen) atoms. The summed E-state index contributed by atoms with van der Waals surface area (Å²) in [6.45, 7) is 2.50. The number of pyridine rings is 1. The van der Waals surface area contributed by atoms with Gasteiger partial charge in [-0.2, -0.15) is 0 Å². The minimum Gasteiger partial charge on any atom is -0.350 e. The Morgan fingerprint density at radius 2 is 1.97 bits per heavy atom. The number of hydrogen-bond donors (Lipinski definition) is 2. The van der Waals surface area contributed by atoms with Crippen LogP contribution in [0.1, 0.15) is 48.9 Å². The van der Waals surface area contributed by atoms with Crippen molar-refractivity contribution in [2.75, 3.05) is 19.6 Å². The fourth-order valence-corrected chi connectivity index (χ4v) is 5.47. The molecule has 4 heterocycles. The number of carbonyl (C=O) groups excluding carboxylic acids is 1. The largest absolute Gasteiger partial charge is 0.350 e. The normalized spacial score (nSPS) is 21.1. The van der Waals surface area contributed by atoms with Gasteiger partial charge in [-0.15, -0.1) is 0 Å². The van der Waals surface area contributed by atoms with E-state index < -0.39 is 0 Å². The number of carbonyl (C=O) groups is 1. The third kappa shape index (κ3) is 3.87. The fraction of sp³-hybridized carbons (Fsp3) is 0.478. The molecule has 0 spiro atoms. The second-order valence-corrected chi connectivity index (χ2v) is 9.32. The van der Waals surface area contributed by atoms with Gasteiger partial charge in [0.2, 0.25) is 5.95 Å². The smallest absolute Gasteiger partial charge is 0.253 e. The van der Waals surface area contributed by atoms with Crippen molar-refractivity contribution in [1.29, 1.82) is 0 Å². The number of likely N-dealkylation sites (tertiary alicyclic amines) is 1. The van der Waals surface area contributed by atoms with E-state index in [1.165, 1.54) is 19.3 Å². The summed E-state index contributed by atoms with van der Waals surface area (Å²) in [5, 5.41) is 4.31. The highest BCUT2D eigenvalue weighted by molar-refractivity contribution is 6.36. The third-order valence-electron chi connectivity index (χ3n) is 6.91. The van der Waals surface area contributed by atoms with Crippen LogP contribution in [0.15, 0.2) is 36.9 Å². The summed E-state index contributed by atoms with van der Waals surface area (Å²) in [4.78, 5) is 29.0. The van der Waals surface area contributed by atoms with Crippen molar-refractivity contribution in [2.45, 2.75) is 50.1 Å². The predicted molar refractivity (Wildman–Crippen MR) is 124 cm³/mol. The Labute approximate surface area is 192 Å². The van der Waals surface area contributed by atoms with Crippen LogP contribution >= 0.6 is 11.6 Å². The molecule has 2 fully saturated rings. The van der Waals surface area contributed by atoms with Crippen LogP contribution in [0.4, 0.5) is 0 Å². The number of nitrogens with two attached hydrogens (primary N) is 1. The number of nitrogens with one attached hydrogen (secondary N) is 1. The zero-order valence-corrected chi connectivity index (χ0v) is 18.8. The first-order valence-electron chi connectivity index (χ1n) is 11.3. The SMILES string of the molecule is N[C@@H]1CCN(C2(CNC(=O)c3cn(-c4ncccn4)c4nccc(Cl)c34)CCCCC2)C1. The maximum absolute atomic E-state index is 13.4. The van der Waals surface area contributed by atoms with E-state index in [4.69, 9.17) is 17.3 Å². The van der Waals surface area contributed by atoms with Crippen LogP contribution in [-0.4, -0.2) is 61.5 Å². The molecule has 0 unspecified atom stereocenters. The zero-order chi connectivity index (χ0) is 22.1. The third-order valence-corrected chi connectivity index (χ3v) is 7.22. The summed E-state index contributed by atoms with van der Waals surface area (Å²) in [5.74, 6) is 0.286. The monoisotopic (exact) mass is 453 g/mol. The number of hydrogen-bond acceptors (Lipinski definition) is 6. The van der Waals surface area contributed by atoms with E-state index in [9.17, 15) is 4.79 Å². The van der Waals surface area contributed by atoms with Crippen molar-refractivity contribution in [3.05, 3.63) is 47.5 Å². The number of nitrogens with zero attached hydrogens (tertiary/aromatic N) is 5. The summed E-state index contributed by atoms with van der Waals surface area (Å²) < 4.78 is 1.71. The summed E-state index contributed by atoms with van der Waals surface area (Å²) in [5.41, 5.74) is 7.23. The van der Waals surface area contributed by atoms with Gasteiger partial charge in [-0.1, -0.05) is 30.9 Å². The molecular formula is C23H28ClN7O. The van der Waals surface area contributed by atoms with E-state index in [-0.39, 0.29) is 17.5 Å². The maximum Gasteiger partial charge on any atom is 0.253 e. The van der Waals surface area contributed by atoms with Gasteiger partial charge in [0, 0.05) is 56.0 Å². The first kappa shape index (κ1) is 21.3. The number of aromatic nitrogens is 4. The van der Waals surface area contributed by atoms with E-state index in [2.05, 4.69) is 25.2 Å². The Kier molecular flexibility index (Phi) is 5.84. The van der Waals surface area contributed by atoms with Crippen molar-refractivity contribution >= 4 is 28.5 Å². The molecule has 5 rings (SSSR count). The molecule has 2 aliphatic rings. The highest BCUT2D eigenvalue weighted by Gasteiger charge is 2.41. The molecule has 3 aromatic rings.